The topological polar surface area (TPSA) is 32.3 Å². The molecule has 2 aliphatic heterocycles. The number of halogens is 1. The van der Waals surface area contributed by atoms with Crippen molar-refractivity contribution in [1.29, 1.82) is 0 Å². The quantitative estimate of drug-likeness (QED) is 0.904. The van der Waals surface area contributed by atoms with Crippen molar-refractivity contribution in [2.45, 2.75) is 32.6 Å². The van der Waals surface area contributed by atoms with Crippen LogP contribution in [0.1, 0.15) is 30.9 Å². The number of benzene rings is 1. The van der Waals surface area contributed by atoms with Crippen LogP contribution in [0.4, 0.5) is 0 Å². The molecule has 0 spiro atoms. The summed E-state index contributed by atoms with van der Waals surface area (Å²) in [4.78, 5) is 14.5. The number of unbranched alkanes of at least 4 members (excludes halogenated alkanes) is 1. The van der Waals surface area contributed by atoms with E-state index in [1.54, 1.807) is 0 Å². The number of nitrogens with one attached hydrogen (secondary N) is 1. The number of amides is 1. The average Bonchev–Trinajstić information content (AvgIpc) is 3.07. The minimum atomic E-state index is 0. The summed E-state index contributed by atoms with van der Waals surface area (Å²) in [5.41, 5.74) is 2.53. The van der Waals surface area contributed by atoms with Gasteiger partial charge in [0.2, 0.25) is 5.91 Å². The highest BCUT2D eigenvalue weighted by molar-refractivity contribution is 5.85. The molecule has 0 radical (unpaired) electrons. The zero-order valence-electron chi connectivity index (χ0n) is 13.4. The number of rotatable bonds is 5. The second-order valence-electron chi connectivity index (χ2n) is 6.57. The minimum absolute atomic E-state index is 0. The van der Waals surface area contributed by atoms with Crippen molar-refractivity contribution in [1.82, 2.24) is 10.2 Å². The SMILES string of the molecule is CCCCc1ccc(CC(=O)N2C[C@H]3CNC[C@H]3C2)cc1.Cl. The van der Waals surface area contributed by atoms with Crippen molar-refractivity contribution in [2.75, 3.05) is 26.2 Å². The first-order chi connectivity index (χ1) is 10.3. The Morgan fingerprint density at radius 1 is 1.14 bits per heavy atom. The molecule has 3 rings (SSSR count). The fraction of sp³-hybridized carbons (Fsp3) is 0.611. The Bertz CT molecular complexity index is 476. The molecule has 122 valence electrons. The van der Waals surface area contributed by atoms with Crippen molar-refractivity contribution < 1.29 is 4.79 Å². The molecule has 0 aliphatic carbocycles. The number of carbonyl (C=O) groups excluding carboxylic acids is 1. The molecule has 3 nitrogen and oxygen atoms in total. The summed E-state index contributed by atoms with van der Waals surface area (Å²) in [7, 11) is 0. The van der Waals surface area contributed by atoms with Gasteiger partial charge in [-0.05, 0) is 35.8 Å². The van der Waals surface area contributed by atoms with Crippen molar-refractivity contribution in [3.63, 3.8) is 0 Å². The number of fused-ring (bicyclic) bond motifs is 1. The van der Waals surface area contributed by atoms with Gasteiger partial charge in [-0.25, -0.2) is 0 Å². The lowest BCUT2D eigenvalue weighted by Crippen LogP contribution is -2.32. The van der Waals surface area contributed by atoms with Gasteiger partial charge >= 0.3 is 0 Å². The van der Waals surface area contributed by atoms with Crippen molar-refractivity contribution in [3.05, 3.63) is 35.4 Å². The van der Waals surface area contributed by atoms with Gasteiger partial charge < -0.3 is 10.2 Å². The number of carbonyl (C=O) groups is 1. The van der Waals surface area contributed by atoms with Crippen LogP contribution in [0.15, 0.2) is 24.3 Å². The second kappa shape index (κ2) is 7.98. The number of likely N-dealkylation sites (tertiary alicyclic amines) is 1. The average molecular weight is 323 g/mol. The first-order valence-electron chi connectivity index (χ1n) is 8.32. The van der Waals surface area contributed by atoms with Crippen LogP contribution in [0.2, 0.25) is 0 Å². The van der Waals surface area contributed by atoms with Gasteiger partial charge in [-0.3, -0.25) is 4.79 Å². The highest BCUT2D eigenvalue weighted by Gasteiger charge is 2.37. The summed E-state index contributed by atoms with van der Waals surface area (Å²) in [6.07, 6.45) is 4.17. The molecule has 1 N–H and O–H groups in total. The summed E-state index contributed by atoms with van der Waals surface area (Å²) in [5, 5.41) is 3.42. The molecule has 1 aromatic carbocycles. The molecule has 0 aromatic heterocycles. The predicted molar refractivity (Wildman–Crippen MR) is 92.4 cm³/mol. The van der Waals surface area contributed by atoms with E-state index in [-0.39, 0.29) is 12.4 Å². The predicted octanol–water partition coefficient (Wildman–Crippen LogP) is 2.67. The van der Waals surface area contributed by atoms with Crippen molar-refractivity contribution in [2.24, 2.45) is 11.8 Å². The van der Waals surface area contributed by atoms with E-state index in [2.05, 4.69) is 41.4 Å². The van der Waals surface area contributed by atoms with Gasteiger partial charge in [0.1, 0.15) is 0 Å². The van der Waals surface area contributed by atoms with Crippen LogP contribution in [-0.2, 0) is 17.6 Å². The maximum atomic E-state index is 12.4. The van der Waals surface area contributed by atoms with E-state index in [9.17, 15) is 4.79 Å². The Morgan fingerprint density at radius 3 is 2.32 bits per heavy atom. The zero-order chi connectivity index (χ0) is 14.7. The molecule has 1 aromatic rings. The summed E-state index contributed by atoms with van der Waals surface area (Å²) < 4.78 is 0. The van der Waals surface area contributed by atoms with Gasteiger partial charge in [-0.15, -0.1) is 12.4 Å². The van der Waals surface area contributed by atoms with Gasteiger partial charge in [-0.2, -0.15) is 0 Å². The smallest absolute Gasteiger partial charge is 0.227 e. The molecule has 2 fully saturated rings. The third-order valence-electron chi connectivity index (χ3n) is 4.94. The lowest BCUT2D eigenvalue weighted by atomic mass is 10.0. The Balaban J connectivity index is 0.00000176. The zero-order valence-corrected chi connectivity index (χ0v) is 14.2. The van der Waals surface area contributed by atoms with E-state index >= 15 is 0 Å². The van der Waals surface area contributed by atoms with Gasteiger partial charge in [-0.1, -0.05) is 37.6 Å². The molecule has 2 atom stereocenters. The summed E-state index contributed by atoms with van der Waals surface area (Å²) >= 11 is 0. The maximum Gasteiger partial charge on any atom is 0.227 e. The molecule has 0 bridgehead atoms. The van der Waals surface area contributed by atoms with E-state index < -0.39 is 0 Å². The molecule has 2 saturated heterocycles. The van der Waals surface area contributed by atoms with Crippen LogP contribution in [0.5, 0.6) is 0 Å². The van der Waals surface area contributed by atoms with Gasteiger partial charge in [0, 0.05) is 26.2 Å². The lowest BCUT2D eigenvalue weighted by Gasteiger charge is -2.17. The Hall–Kier alpha value is -1.06. The number of nitrogens with zero attached hydrogens (tertiary/aromatic N) is 1. The normalized spacial score (nSPS) is 23.2. The monoisotopic (exact) mass is 322 g/mol. The summed E-state index contributed by atoms with van der Waals surface area (Å²) in [6, 6.07) is 8.62. The third kappa shape index (κ3) is 4.02. The second-order valence-corrected chi connectivity index (χ2v) is 6.57. The molecule has 2 heterocycles. The Labute approximate surface area is 139 Å². The first-order valence-corrected chi connectivity index (χ1v) is 8.32. The molecule has 4 heteroatoms. The van der Waals surface area contributed by atoms with Crippen LogP contribution in [0, 0.1) is 11.8 Å². The van der Waals surface area contributed by atoms with E-state index in [1.807, 2.05) is 0 Å². The Kier molecular flexibility index (Phi) is 6.27. The van der Waals surface area contributed by atoms with Crippen molar-refractivity contribution >= 4 is 18.3 Å². The maximum absolute atomic E-state index is 12.4. The van der Waals surface area contributed by atoms with Gasteiger partial charge in [0.15, 0.2) is 0 Å². The molecule has 0 unspecified atom stereocenters. The van der Waals surface area contributed by atoms with Crippen LogP contribution in [0.25, 0.3) is 0 Å². The van der Waals surface area contributed by atoms with Crippen LogP contribution in [-0.4, -0.2) is 37.0 Å². The highest BCUT2D eigenvalue weighted by atomic mass is 35.5. The Morgan fingerprint density at radius 2 is 1.73 bits per heavy atom. The van der Waals surface area contributed by atoms with Crippen molar-refractivity contribution in [3.8, 4) is 0 Å². The van der Waals surface area contributed by atoms with E-state index in [0.717, 1.165) is 38.2 Å². The third-order valence-corrected chi connectivity index (χ3v) is 4.94. The van der Waals surface area contributed by atoms with Gasteiger partial charge in [0.25, 0.3) is 0 Å². The molecule has 1 amide bonds. The molecular weight excluding hydrogens is 296 g/mol. The lowest BCUT2D eigenvalue weighted by molar-refractivity contribution is -0.129. The minimum Gasteiger partial charge on any atom is -0.342 e. The fourth-order valence-electron chi connectivity index (χ4n) is 3.55. The van der Waals surface area contributed by atoms with Crippen LogP contribution >= 0.6 is 12.4 Å². The largest absolute Gasteiger partial charge is 0.342 e. The highest BCUT2D eigenvalue weighted by Crippen LogP contribution is 2.26. The number of hydrogen-bond acceptors (Lipinski definition) is 2. The van der Waals surface area contributed by atoms with E-state index in [0.29, 0.717) is 24.2 Å². The summed E-state index contributed by atoms with van der Waals surface area (Å²) in [5.74, 6) is 1.67. The molecule has 22 heavy (non-hydrogen) atoms. The summed E-state index contributed by atoms with van der Waals surface area (Å²) in [6.45, 7) is 6.28. The standard InChI is InChI=1S/C18H26N2O.ClH/c1-2-3-4-14-5-7-15(8-6-14)9-18(21)20-12-16-10-19-11-17(16)13-20;/h5-8,16-17,19H,2-4,9-13H2,1H3;1H/t16-,17+;. The fourth-order valence-corrected chi connectivity index (χ4v) is 3.55. The van der Waals surface area contributed by atoms with Crippen LogP contribution in [0.3, 0.4) is 0 Å². The van der Waals surface area contributed by atoms with E-state index in [4.69, 9.17) is 0 Å². The molecule has 0 saturated carbocycles. The number of aryl methyl sites for hydroxylation is 1. The van der Waals surface area contributed by atoms with Crippen LogP contribution < -0.4 is 5.32 Å². The number of hydrogen-bond donors (Lipinski definition) is 1. The van der Waals surface area contributed by atoms with Gasteiger partial charge in [0.05, 0.1) is 6.42 Å². The van der Waals surface area contributed by atoms with E-state index in [1.165, 1.54) is 18.4 Å². The molecule has 2 aliphatic rings. The first kappa shape index (κ1) is 17.3. The molecular formula is C18H27ClN2O.